The van der Waals surface area contributed by atoms with E-state index in [2.05, 4.69) is 20.3 Å². The summed E-state index contributed by atoms with van der Waals surface area (Å²) in [5.41, 5.74) is 0. The largest absolute Gasteiger partial charge is 0.322 e. The molecule has 76 valence electrons. The highest BCUT2D eigenvalue weighted by molar-refractivity contribution is 6.28. The molecule has 2 aromatic heterocycles. The van der Waals surface area contributed by atoms with E-state index in [1.54, 1.807) is 24.4 Å². The van der Waals surface area contributed by atoms with Crippen molar-refractivity contribution in [1.82, 2.24) is 15.0 Å². The summed E-state index contributed by atoms with van der Waals surface area (Å²) in [5, 5.41) is 2.67. The van der Waals surface area contributed by atoms with Gasteiger partial charge >= 0.3 is 0 Å². The van der Waals surface area contributed by atoms with E-state index in [-0.39, 0.29) is 11.1 Å². The summed E-state index contributed by atoms with van der Waals surface area (Å²) in [7, 11) is 0. The number of rotatable bonds is 2. The quantitative estimate of drug-likeness (QED) is 0.796. The third-order valence-corrected chi connectivity index (χ3v) is 1.81. The van der Waals surface area contributed by atoms with Crippen LogP contribution in [0.4, 0.5) is 16.0 Å². The molecular formula is C9H6ClFN4. The molecule has 0 saturated heterocycles. The average Bonchev–Trinajstić information content (AvgIpc) is 2.25. The molecule has 0 aromatic carbocycles. The van der Waals surface area contributed by atoms with Gasteiger partial charge in [0.25, 0.3) is 0 Å². The Hall–Kier alpha value is -1.75. The topological polar surface area (TPSA) is 50.7 Å². The average molecular weight is 225 g/mol. The maximum atomic E-state index is 13.2. The molecule has 15 heavy (non-hydrogen) atoms. The van der Waals surface area contributed by atoms with E-state index >= 15 is 0 Å². The van der Waals surface area contributed by atoms with Crippen LogP contribution in [-0.4, -0.2) is 15.0 Å². The van der Waals surface area contributed by atoms with Gasteiger partial charge in [0.1, 0.15) is 5.82 Å². The first kappa shape index (κ1) is 9.79. The summed E-state index contributed by atoms with van der Waals surface area (Å²) >= 11 is 5.53. The summed E-state index contributed by atoms with van der Waals surface area (Å²) in [5.74, 6) is -0.0788. The number of hydrogen-bond donors (Lipinski definition) is 1. The standard InChI is InChI=1S/C9H6ClFN4/c10-9-13-5-6(11)8(15-9)14-7-3-1-2-4-12-7/h1-5H,(H,12,13,14,15). The van der Waals surface area contributed by atoms with Crippen LogP contribution in [0.1, 0.15) is 0 Å². The van der Waals surface area contributed by atoms with Crippen molar-refractivity contribution >= 4 is 23.2 Å². The van der Waals surface area contributed by atoms with Crippen LogP contribution >= 0.6 is 11.6 Å². The highest BCUT2D eigenvalue weighted by Crippen LogP contribution is 2.16. The molecule has 0 aliphatic heterocycles. The molecule has 0 bridgehead atoms. The lowest BCUT2D eigenvalue weighted by atomic mass is 10.4. The number of anilines is 2. The molecule has 0 aliphatic carbocycles. The monoisotopic (exact) mass is 224 g/mol. The molecule has 0 fully saturated rings. The number of aromatic nitrogens is 3. The van der Waals surface area contributed by atoms with Crippen LogP contribution in [-0.2, 0) is 0 Å². The number of hydrogen-bond acceptors (Lipinski definition) is 4. The molecule has 4 nitrogen and oxygen atoms in total. The molecule has 1 N–H and O–H groups in total. The van der Waals surface area contributed by atoms with Crippen molar-refractivity contribution in [1.29, 1.82) is 0 Å². The first-order valence-corrected chi connectivity index (χ1v) is 4.49. The zero-order valence-corrected chi connectivity index (χ0v) is 8.24. The first-order chi connectivity index (χ1) is 7.25. The Balaban J connectivity index is 2.28. The van der Waals surface area contributed by atoms with Crippen LogP contribution in [0.2, 0.25) is 5.28 Å². The van der Waals surface area contributed by atoms with Gasteiger partial charge in [-0.25, -0.2) is 14.4 Å². The molecule has 0 unspecified atom stereocenters. The van der Waals surface area contributed by atoms with Gasteiger partial charge in [-0.2, -0.15) is 4.98 Å². The molecule has 0 amide bonds. The van der Waals surface area contributed by atoms with Crippen LogP contribution in [0.25, 0.3) is 0 Å². The molecule has 0 radical (unpaired) electrons. The second-order valence-corrected chi connectivity index (χ2v) is 3.01. The fourth-order valence-electron chi connectivity index (χ4n) is 0.991. The first-order valence-electron chi connectivity index (χ1n) is 4.12. The van der Waals surface area contributed by atoms with Gasteiger partial charge in [-0.3, -0.25) is 0 Å². The zero-order valence-electron chi connectivity index (χ0n) is 7.48. The third kappa shape index (κ3) is 2.38. The van der Waals surface area contributed by atoms with Gasteiger partial charge in [-0.05, 0) is 23.7 Å². The number of pyridine rings is 1. The summed E-state index contributed by atoms with van der Waals surface area (Å²) in [6, 6.07) is 5.22. The SMILES string of the molecule is Fc1cnc(Cl)nc1Nc1ccccn1. The normalized spacial score (nSPS) is 10.0. The summed E-state index contributed by atoms with van der Waals surface area (Å²) in [4.78, 5) is 11.2. The van der Waals surface area contributed by atoms with E-state index in [1.165, 1.54) is 0 Å². The molecule has 6 heteroatoms. The predicted octanol–water partition coefficient (Wildman–Crippen LogP) is 2.41. The molecule has 2 rings (SSSR count). The van der Waals surface area contributed by atoms with E-state index in [9.17, 15) is 4.39 Å². The lowest BCUT2D eigenvalue weighted by molar-refractivity contribution is 0.618. The second-order valence-electron chi connectivity index (χ2n) is 2.68. The van der Waals surface area contributed by atoms with Gasteiger partial charge in [0.2, 0.25) is 5.28 Å². The van der Waals surface area contributed by atoms with Crippen molar-refractivity contribution in [2.45, 2.75) is 0 Å². The number of nitrogens with zero attached hydrogens (tertiary/aromatic N) is 3. The Bertz CT molecular complexity index is 463. The lowest BCUT2D eigenvalue weighted by Gasteiger charge is -2.04. The van der Waals surface area contributed by atoms with Gasteiger partial charge in [0, 0.05) is 6.20 Å². The van der Waals surface area contributed by atoms with E-state index in [0.717, 1.165) is 6.20 Å². The van der Waals surface area contributed by atoms with Crippen molar-refractivity contribution in [3.63, 3.8) is 0 Å². The van der Waals surface area contributed by atoms with Crippen LogP contribution < -0.4 is 5.32 Å². The van der Waals surface area contributed by atoms with Crippen LogP contribution in [0.5, 0.6) is 0 Å². The minimum absolute atomic E-state index is 0.00806. The minimum Gasteiger partial charge on any atom is -0.322 e. The van der Waals surface area contributed by atoms with Crippen molar-refractivity contribution in [3.8, 4) is 0 Å². The molecule has 2 heterocycles. The van der Waals surface area contributed by atoms with Gasteiger partial charge < -0.3 is 5.32 Å². The molecule has 2 aromatic rings. The Morgan fingerprint density at radius 1 is 1.27 bits per heavy atom. The van der Waals surface area contributed by atoms with E-state index < -0.39 is 5.82 Å². The highest BCUT2D eigenvalue weighted by atomic mass is 35.5. The predicted molar refractivity (Wildman–Crippen MR) is 54.5 cm³/mol. The van der Waals surface area contributed by atoms with Crippen molar-refractivity contribution in [2.24, 2.45) is 0 Å². The van der Waals surface area contributed by atoms with Gasteiger partial charge in [0.05, 0.1) is 6.20 Å². The fraction of sp³-hybridized carbons (Fsp3) is 0. The highest BCUT2D eigenvalue weighted by Gasteiger charge is 2.05. The van der Waals surface area contributed by atoms with Crippen molar-refractivity contribution in [2.75, 3.05) is 5.32 Å². The molecule has 0 spiro atoms. The van der Waals surface area contributed by atoms with Crippen molar-refractivity contribution < 1.29 is 4.39 Å². The fourth-order valence-corrected chi connectivity index (χ4v) is 1.12. The number of halogens is 2. The molecule has 0 saturated carbocycles. The van der Waals surface area contributed by atoms with E-state index in [0.29, 0.717) is 5.82 Å². The van der Waals surface area contributed by atoms with Gasteiger partial charge in [-0.1, -0.05) is 6.07 Å². The van der Waals surface area contributed by atoms with Crippen molar-refractivity contribution in [3.05, 3.63) is 41.7 Å². The minimum atomic E-state index is -0.579. The maximum absolute atomic E-state index is 13.2. The molecule has 0 aliphatic rings. The second kappa shape index (κ2) is 4.18. The van der Waals surface area contributed by atoms with E-state index in [1.807, 2.05) is 0 Å². The Morgan fingerprint density at radius 3 is 2.87 bits per heavy atom. The maximum Gasteiger partial charge on any atom is 0.224 e. The van der Waals surface area contributed by atoms with Crippen LogP contribution in [0, 0.1) is 5.82 Å². The summed E-state index contributed by atoms with van der Waals surface area (Å²) < 4.78 is 13.2. The summed E-state index contributed by atoms with van der Waals surface area (Å²) in [6.45, 7) is 0. The zero-order chi connectivity index (χ0) is 10.7. The number of nitrogens with one attached hydrogen (secondary N) is 1. The Kier molecular flexibility index (Phi) is 2.73. The Labute approximate surface area is 90.2 Å². The molecule has 0 atom stereocenters. The van der Waals surface area contributed by atoms with Gasteiger partial charge in [0.15, 0.2) is 11.6 Å². The smallest absolute Gasteiger partial charge is 0.224 e. The van der Waals surface area contributed by atoms with E-state index in [4.69, 9.17) is 11.6 Å². The lowest BCUT2D eigenvalue weighted by Crippen LogP contribution is -1.99. The van der Waals surface area contributed by atoms with Crippen LogP contribution in [0.15, 0.2) is 30.6 Å². The Morgan fingerprint density at radius 2 is 2.13 bits per heavy atom. The summed E-state index contributed by atoms with van der Waals surface area (Å²) in [6.07, 6.45) is 2.59. The van der Waals surface area contributed by atoms with Gasteiger partial charge in [-0.15, -0.1) is 0 Å². The third-order valence-electron chi connectivity index (χ3n) is 1.63. The van der Waals surface area contributed by atoms with Crippen LogP contribution in [0.3, 0.4) is 0 Å². The molecular weight excluding hydrogens is 219 g/mol.